The van der Waals surface area contributed by atoms with Crippen LogP contribution in [-0.2, 0) is 6.54 Å². The molecule has 1 N–H and O–H groups in total. The molecule has 90 valence electrons. The summed E-state index contributed by atoms with van der Waals surface area (Å²) in [6, 6.07) is 0. The molecule has 0 amide bonds. The average Bonchev–Trinajstić information content (AvgIpc) is 2.65. The lowest BCUT2D eigenvalue weighted by Crippen LogP contribution is -2.34. The number of hydrogen-bond donors (Lipinski definition) is 1. The van der Waals surface area contributed by atoms with E-state index in [9.17, 15) is 0 Å². The molecule has 1 saturated heterocycles. The highest BCUT2D eigenvalue weighted by atomic mass is 35.5. The summed E-state index contributed by atoms with van der Waals surface area (Å²) in [4.78, 5) is 7.69. The van der Waals surface area contributed by atoms with Crippen molar-refractivity contribution in [3.63, 3.8) is 0 Å². The van der Waals surface area contributed by atoms with E-state index in [1.54, 1.807) is 11.3 Å². The number of halogens is 1. The van der Waals surface area contributed by atoms with Gasteiger partial charge in [0.15, 0.2) is 4.47 Å². The van der Waals surface area contributed by atoms with E-state index in [1.165, 1.54) is 37.4 Å². The summed E-state index contributed by atoms with van der Waals surface area (Å²) in [7, 11) is 2.18. The molecule has 16 heavy (non-hydrogen) atoms. The van der Waals surface area contributed by atoms with Crippen molar-refractivity contribution in [1.29, 1.82) is 0 Å². The summed E-state index contributed by atoms with van der Waals surface area (Å²) >= 11 is 7.39. The summed E-state index contributed by atoms with van der Waals surface area (Å²) in [5, 5.41) is 3.40. The first-order valence-electron chi connectivity index (χ1n) is 5.73. The van der Waals surface area contributed by atoms with Gasteiger partial charge in [0, 0.05) is 24.2 Å². The van der Waals surface area contributed by atoms with Crippen LogP contribution < -0.4 is 5.32 Å². The van der Waals surface area contributed by atoms with Gasteiger partial charge in [0.1, 0.15) is 0 Å². The zero-order valence-electron chi connectivity index (χ0n) is 9.58. The molecular formula is C11H18ClN3S. The van der Waals surface area contributed by atoms with Crippen LogP contribution in [0.4, 0.5) is 0 Å². The third-order valence-electron chi connectivity index (χ3n) is 2.98. The van der Waals surface area contributed by atoms with Crippen molar-refractivity contribution in [2.24, 2.45) is 5.92 Å². The second-order valence-electron chi connectivity index (χ2n) is 4.47. The van der Waals surface area contributed by atoms with Crippen LogP contribution >= 0.6 is 22.9 Å². The van der Waals surface area contributed by atoms with Crippen molar-refractivity contribution >= 4 is 22.9 Å². The highest BCUT2D eigenvalue weighted by Crippen LogP contribution is 2.20. The number of hydrogen-bond acceptors (Lipinski definition) is 4. The normalized spacial score (nSPS) is 18.2. The maximum absolute atomic E-state index is 5.82. The van der Waals surface area contributed by atoms with Gasteiger partial charge in [-0.05, 0) is 38.9 Å². The largest absolute Gasteiger partial charge is 0.317 e. The maximum Gasteiger partial charge on any atom is 0.183 e. The van der Waals surface area contributed by atoms with Crippen LogP contribution in [0.2, 0.25) is 4.47 Å². The average molecular weight is 260 g/mol. The van der Waals surface area contributed by atoms with Gasteiger partial charge in [-0.25, -0.2) is 4.98 Å². The smallest absolute Gasteiger partial charge is 0.183 e. The quantitative estimate of drug-likeness (QED) is 0.899. The van der Waals surface area contributed by atoms with E-state index < -0.39 is 0 Å². The highest BCUT2D eigenvalue weighted by molar-refractivity contribution is 7.15. The minimum Gasteiger partial charge on any atom is -0.317 e. The fourth-order valence-corrected chi connectivity index (χ4v) is 3.25. The summed E-state index contributed by atoms with van der Waals surface area (Å²) < 4.78 is 0.644. The molecule has 0 atom stereocenters. The van der Waals surface area contributed by atoms with Crippen LogP contribution in [0, 0.1) is 5.92 Å². The van der Waals surface area contributed by atoms with Gasteiger partial charge in [-0.1, -0.05) is 11.6 Å². The van der Waals surface area contributed by atoms with Crippen molar-refractivity contribution < 1.29 is 0 Å². The molecule has 0 aliphatic carbocycles. The van der Waals surface area contributed by atoms with E-state index in [0.29, 0.717) is 4.47 Å². The first-order chi connectivity index (χ1) is 7.74. The van der Waals surface area contributed by atoms with E-state index >= 15 is 0 Å². The van der Waals surface area contributed by atoms with Gasteiger partial charge in [0.25, 0.3) is 0 Å². The number of nitrogens with one attached hydrogen (secondary N) is 1. The lowest BCUT2D eigenvalue weighted by molar-refractivity contribution is 0.236. The zero-order valence-corrected chi connectivity index (χ0v) is 11.2. The molecule has 1 aromatic heterocycles. The summed E-state index contributed by atoms with van der Waals surface area (Å²) in [5.74, 6) is 0.842. The SMILES string of the molecule is CN(Cc1cnc(Cl)s1)CC1CCNCC1. The van der Waals surface area contributed by atoms with Crippen molar-refractivity contribution in [2.45, 2.75) is 19.4 Å². The second-order valence-corrected chi connectivity index (χ2v) is 6.17. The molecule has 1 fully saturated rings. The molecule has 0 bridgehead atoms. The predicted molar refractivity (Wildman–Crippen MR) is 69.1 cm³/mol. The highest BCUT2D eigenvalue weighted by Gasteiger charge is 2.15. The predicted octanol–water partition coefficient (Wildman–Crippen LogP) is 2.23. The topological polar surface area (TPSA) is 28.2 Å². The molecule has 5 heteroatoms. The van der Waals surface area contributed by atoms with Crippen LogP contribution in [0.3, 0.4) is 0 Å². The van der Waals surface area contributed by atoms with Crippen LogP contribution in [0.5, 0.6) is 0 Å². The van der Waals surface area contributed by atoms with Crippen LogP contribution in [-0.4, -0.2) is 36.6 Å². The Bertz CT molecular complexity index is 323. The molecule has 1 aliphatic heterocycles. The third kappa shape index (κ3) is 3.70. The minimum atomic E-state index is 0.644. The lowest BCUT2D eigenvalue weighted by Gasteiger charge is -2.27. The van der Waals surface area contributed by atoms with Crippen LogP contribution in [0.1, 0.15) is 17.7 Å². The van der Waals surface area contributed by atoms with Crippen molar-refractivity contribution in [3.8, 4) is 0 Å². The number of aromatic nitrogens is 1. The lowest BCUT2D eigenvalue weighted by atomic mass is 9.98. The number of thiazole rings is 1. The summed E-state index contributed by atoms with van der Waals surface area (Å²) in [6.07, 6.45) is 4.48. The van der Waals surface area contributed by atoms with Crippen molar-refractivity contribution in [1.82, 2.24) is 15.2 Å². The van der Waals surface area contributed by atoms with Crippen LogP contribution in [0.25, 0.3) is 0 Å². The minimum absolute atomic E-state index is 0.644. The van der Waals surface area contributed by atoms with E-state index in [0.717, 1.165) is 12.5 Å². The van der Waals surface area contributed by atoms with Crippen molar-refractivity contribution in [2.75, 3.05) is 26.7 Å². The van der Waals surface area contributed by atoms with E-state index in [2.05, 4.69) is 22.2 Å². The van der Waals surface area contributed by atoms with E-state index in [4.69, 9.17) is 11.6 Å². The summed E-state index contributed by atoms with van der Waals surface area (Å²) in [6.45, 7) is 4.49. The zero-order chi connectivity index (χ0) is 11.4. The Balaban J connectivity index is 1.77. The molecule has 1 aromatic rings. The Hall–Kier alpha value is -0.160. The first-order valence-corrected chi connectivity index (χ1v) is 6.93. The van der Waals surface area contributed by atoms with Gasteiger partial charge in [0.2, 0.25) is 0 Å². The number of rotatable bonds is 4. The maximum atomic E-state index is 5.82. The molecule has 0 saturated carbocycles. The Morgan fingerprint density at radius 3 is 2.94 bits per heavy atom. The Labute approximate surface area is 106 Å². The van der Waals surface area contributed by atoms with Gasteiger partial charge in [-0.15, -0.1) is 11.3 Å². The second kappa shape index (κ2) is 5.96. The van der Waals surface area contributed by atoms with Gasteiger partial charge < -0.3 is 10.2 Å². The molecule has 0 radical (unpaired) electrons. The van der Waals surface area contributed by atoms with Gasteiger partial charge in [-0.2, -0.15) is 0 Å². The molecule has 0 aromatic carbocycles. The van der Waals surface area contributed by atoms with Crippen molar-refractivity contribution in [3.05, 3.63) is 15.5 Å². The molecular weight excluding hydrogens is 242 g/mol. The first kappa shape index (κ1) is 12.3. The molecule has 0 spiro atoms. The van der Waals surface area contributed by atoms with Gasteiger partial charge in [0.05, 0.1) is 0 Å². The van der Waals surface area contributed by atoms with Gasteiger partial charge >= 0.3 is 0 Å². The Kier molecular flexibility index (Phi) is 4.58. The fourth-order valence-electron chi connectivity index (χ4n) is 2.19. The number of nitrogens with zero attached hydrogens (tertiary/aromatic N) is 2. The Morgan fingerprint density at radius 1 is 1.56 bits per heavy atom. The molecule has 1 aliphatic rings. The molecule has 2 heterocycles. The van der Waals surface area contributed by atoms with E-state index in [1.807, 2.05) is 6.20 Å². The summed E-state index contributed by atoms with van der Waals surface area (Å²) in [5.41, 5.74) is 0. The monoisotopic (exact) mass is 259 g/mol. The molecule has 0 unspecified atom stereocenters. The molecule has 3 nitrogen and oxygen atoms in total. The van der Waals surface area contributed by atoms with Crippen LogP contribution in [0.15, 0.2) is 6.20 Å². The fraction of sp³-hybridized carbons (Fsp3) is 0.727. The molecule has 2 rings (SSSR count). The standard InChI is InChI=1S/C11H18ClN3S/c1-15(7-9-2-4-13-5-3-9)8-10-6-14-11(12)16-10/h6,9,13H,2-5,7-8H2,1H3. The third-order valence-corrected chi connectivity index (χ3v) is 4.08. The number of piperidine rings is 1. The van der Waals surface area contributed by atoms with E-state index in [-0.39, 0.29) is 0 Å². The van der Waals surface area contributed by atoms with Gasteiger partial charge in [-0.3, -0.25) is 0 Å². The Morgan fingerprint density at radius 2 is 2.31 bits per heavy atom.